The minimum absolute atomic E-state index is 0.394. The Kier molecular flexibility index (Phi) is 3.33. The molecule has 1 aliphatic heterocycles. The molecule has 0 saturated heterocycles. The number of anilines is 4. The van der Waals surface area contributed by atoms with Gasteiger partial charge in [-0.1, -0.05) is 0 Å². The van der Waals surface area contributed by atoms with E-state index in [9.17, 15) is 9.90 Å². The van der Waals surface area contributed by atoms with Crippen molar-refractivity contribution in [3.63, 3.8) is 0 Å². The highest BCUT2D eigenvalue weighted by Crippen LogP contribution is 2.31. The Hall–Kier alpha value is -2.80. The minimum Gasteiger partial charge on any atom is -0.465 e. The molecule has 1 aromatic heterocycles. The molecule has 0 saturated carbocycles. The lowest BCUT2D eigenvalue weighted by Crippen LogP contribution is -2.20. The topological polar surface area (TPSA) is 95.5 Å². The molecule has 7 heteroatoms. The van der Waals surface area contributed by atoms with E-state index in [1.807, 2.05) is 18.2 Å². The third-order valence-corrected chi connectivity index (χ3v) is 3.06. The number of nitrogens with zero attached hydrogens (tertiary/aromatic N) is 1. The maximum absolute atomic E-state index is 11.3. The van der Waals surface area contributed by atoms with Crippen LogP contribution >= 0.6 is 0 Å². The van der Waals surface area contributed by atoms with E-state index < -0.39 is 12.3 Å². The second-order valence-electron chi connectivity index (χ2n) is 4.50. The quantitative estimate of drug-likeness (QED) is 0.638. The number of methoxy groups -OCH3 is 1. The molecule has 0 spiro atoms. The minimum atomic E-state index is -0.771. The van der Waals surface area contributed by atoms with Gasteiger partial charge in [0.1, 0.15) is 5.82 Å². The number of aliphatic hydroxyl groups is 1. The molecular weight excluding hydrogens is 272 g/mol. The smallest absolute Gasteiger partial charge is 0.339 e. The Morgan fingerprint density at radius 3 is 2.81 bits per heavy atom. The van der Waals surface area contributed by atoms with Crippen LogP contribution in [-0.4, -0.2) is 29.5 Å². The predicted octanol–water partition coefficient (Wildman–Crippen LogP) is 1.73. The maximum Gasteiger partial charge on any atom is 0.339 e. The van der Waals surface area contributed by atoms with E-state index in [0.717, 1.165) is 17.1 Å². The third kappa shape index (κ3) is 2.72. The molecule has 0 aliphatic carbocycles. The van der Waals surface area contributed by atoms with Gasteiger partial charge < -0.3 is 25.8 Å². The number of hydrogen-bond acceptors (Lipinski definition) is 7. The number of rotatable bonds is 3. The number of carbonyl (C=O) groups is 1. The first-order chi connectivity index (χ1) is 10.2. The van der Waals surface area contributed by atoms with Crippen LogP contribution in [0.4, 0.5) is 22.9 Å². The van der Waals surface area contributed by atoms with E-state index in [1.165, 1.54) is 13.3 Å². The van der Waals surface area contributed by atoms with E-state index in [4.69, 9.17) is 0 Å². The van der Waals surface area contributed by atoms with Gasteiger partial charge in [-0.05, 0) is 30.3 Å². The zero-order valence-corrected chi connectivity index (χ0v) is 11.3. The number of nitrogens with one attached hydrogen (secondary N) is 3. The number of ether oxygens (including phenoxy) is 1. The van der Waals surface area contributed by atoms with Gasteiger partial charge in [0.15, 0.2) is 0 Å². The summed E-state index contributed by atoms with van der Waals surface area (Å²) in [7, 11) is 1.33. The monoisotopic (exact) mass is 286 g/mol. The zero-order chi connectivity index (χ0) is 14.8. The summed E-state index contributed by atoms with van der Waals surface area (Å²) in [6.07, 6.45) is 0.679. The van der Waals surface area contributed by atoms with Crippen LogP contribution in [0.1, 0.15) is 10.4 Å². The van der Waals surface area contributed by atoms with E-state index >= 15 is 0 Å². The average molecular weight is 286 g/mol. The summed E-state index contributed by atoms with van der Waals surface area (Å²) in [4.78, 5) is 15.5. The lowest BCUT2D eigenvalue weighted by Gasteiger charge is -2.07. The lowest BCUT2D eigenvalue weighted by molar-refractivity contribution is 0.0600. The molecule has 1 aromatic carbocycles. The number of hydrogen-bond donors (Lipinski definition) is 4. The molecule has 2 heterocycles. The molecule has 4 N–H and O–H groups in total. The first-order valence-electron chi connectivity index (χ1n) is 6.32. The molecule has 0 bridgehead atoms. The third-order valence-electron chi connectivity index (χ3n) is 3.06. The number of aliphatic hydroxyl groups excluding tert-OH is 1. The summed E-state index contributed by atoms with van der Waals surface area (Å²) in [5.41, 5.74) is 2.85. The van der Waals surface area contributed by atoms with Crippen molar-refractivity contribution in [1.29, 1.82) is 0 Å². The van der Waals surface area contributed by atoms with Crippen molar-refractivity contribution in [2.45, 2.75) is 6.35 Å². The Morgan fingerprint density at radius 1 is 1.29 bits per heavy atom. The molecule has 1 aliphatic rings. The molecule has 0 amide bonds. The first-order valence-corrected chi connectivity index (χ1v) is 6.32. The SMILES string of the molecule is COC(=O)c1ccc(Nc2ccc3c(c2)NC(O)N3)nc1. The van der Waals surface area contributed by atoms with Crippen LogP contribution in [0.25, 0.3) is 0 Å². The summed E-state index contributed by atoms with van der Waals surface area (Å²) in [6.45, 7) is 0. The van der Waals surface area contributed by atoms with Crippen LogP contribution < -0.4 is 16.0 Å². The number of esters is 1. The highest BCUT2D eigenvalue weighted by atomic mass is 16.5. The number of fused-ring (bicyclic) bond motifs is 1. The van der Waals surface area contributed by atoms with Gasteiger partial charge in [0.2, 0.25) is 6.35 Å². The van der Waals surface area contributed by atoms with Gasteiger partial charge >= 0.3 is 5.97 Å². The van der Waals surface area contributed by atoms with Crippen molar-refractivity contribution in [2.75, 3.05) is 23.1 Å². The summed E-state index contributed by atoms with van der Waals surface area (Å²) in [5, 5.41) is 18.3. The van der Waals surface area contributed by atoms with Crippen LogP contribution in [0.3, 0.4) is 0 Å². The predicted molar refractivity (Wildman–Crippen MR) is 78.6 cm³/mol. The van der Waals surface area contributed by atoms with Crippen molar-refractivity contribution < 1.29 is 14.6 Å². The first kappa shape index (κ1) is 13.2. The van der Waals surface area contributed by atoms with Crippen LogP contribution in [0.5, 0.6) is 0 Å². The van der Waals surface area contributed by atoms with Crippen LogP contribution in [0.2, 0.25) is 0 Å². The molecule has 2 aromatic rings. The molecule has 0 radical (unpaired) electrons. The molecule has 3 rings (SSSR count). The summed E-state index contributed by atoms with van der Waals surface area (Å²) in [6, 6.07) is 8.90. The van der Waals surface area contributed by atoms with Gasteiger partial charge in [0.05, 0.1) is 24.0 Å². The van der Waals surface area contributed by atoms with Gasteiger partial charge in [-0.15, -0.1) is 0 Å². The van der Waals surface area contributed by atoms with Crippen LogP contribution in [0, 0.1) is 0 Å². The van der Waals surface area contributed by atoms with Crippen molar-refractivity contribution in [2.24, 2.45) is 0 Å². The maximum atomic E-state index is 11.3. The second kappa shape index (κ2) is 5.29. The van der Waals surface area contributed by atoms with E-state index in [1.54, 1.807) is 12.1 Å². The van der Waals surface area contributed by atoms with Crippen molar-refractivity contribution in [3.05, 3.63) is 42.1 Å². The lowest BCUT2D eigenvalue weighted by atomic mass is 10.2. The highest BCUT2D eigenvalue weighted by Gasteiger charge is 2.16. The number of pyridine rings is 1. The van der Waals surface area contributed by atoms with Gasteiger partial charge in [-0.25, -0.2) is 9.78 Å². The van der Waals surface area contributed by atoms with Crippen molar-refractivity contribution in [1.82, 2.24) is 4.98 Å². The molecule has 108 valence electrons. The Bertz CT molecular complexity index is 672. The van der Waals surface area contributed by atoms with Gasteiger partial charge in [0.25, 0.3) is 0 Å². The van der Waals surface area contributed by atoms with Gasteiger partial charge in [-0.3, -0.25) is 0 Å². The van der Waals surface area contributed by atoms with Gasteiger partial charge in [0, 0.05) is 11.9 Å². The number of aromatic nitrogens is 1. The van der Waals surface area contributed by atoms with Gasteiger partial charge in [-0.2, -0.15) is 0 Å². The standard InChI is InChI=1S/C14H14N4O3/c1-21-13(19)8-2-5-12(15-7-8)16-9-3-4-10-11(6-9)18-14(20)17-10/h2-7,14,17-18,20H,1H3,(H,15,16). The van der Waals surface area contributed by atoms with E-state index in [0.29, 0.717) is 11.4 Å². The molecule has 1 unspecified atom stereocenters. The number of benzene rings is 1. The largest absolute Gasteiger partial charge is 0.465 e. The molecule has 0 fully saturated rings. The number of carbonyl (C=O) groups excluding carboxylic acids is 1. The summed E-state index contributed by atoms with van der Waals surface area (Å²) >= 11 is 0. The second-order valence-corrected chi connectivity index (χ2v) is 4.50. The Labute approximate surface area is 121 Å². The fraction of sp³-hybridized carbons (Fsp3) is 0.143. The molecule has 21 heavy (non-hydrogen) atoms. The fourth-order valence-electron chi connectivity index (χ4n) is 2.05. The highest BCUT2D eigenvalue weighted by molar-refractivity contribution is 5.89. The van der Waals surface area contributed by atoms with Crippen LogP contribution in [-0.2, 0) is 4.74 Å². The molecular formula is C14H14N4O3. The average Bonchev–Trinajstić information content (AvgIpc) is 2.86. The van der Waals surface area contributed by atoms with Crippen molar-refractivity contribution >= 4 is 28.8 Å². The van der Waals surface area contributed by atoms with Crippen molar-refractivity contribution in [3.8, 4) is 0 Å². The summed E-state index contributed by atoms with van der Waals surface area (Å²) in [5.74, 6) is 0.185. The Morgan fingerprint density at radius 2 is 2.10 bits per heavy atom. The molecule has 7 nitrogen and oxygen atoms in total. The van der Waals surface area contributed by atoms with E-state index in [2.05, 4.69) is 25.7 Å². The summed E-state index contributed by atoms with van der Waals surface area (Å²) < 4.78 is 4.62. The van der Waals surface area contributed by atoms with Crippen LogP contribution in [0.15, 0.2) is 36.5 Å². The fourth-order valence-corrected chi connectivity index (χ4v) is 2.05. The zero-order valence-electron chi connectivity index (χ0n) is 11.3. The normalized spacial score (nSPS) is 15.6. The van der Waals surface area contributed by atoms with E-state index in [-0.39, 0.29) is 0 Å². The molecule has 1 atom stereocenters. The Balaban J connectivity index is 1.75.